The fraction of sp³-hybridized carbons (Fsp3) is 0.231. The van der Waals surface area contributed by atoms with Gasteiger partial charge in [-0.25, -0.2) is 4.98 Å². The maximum absolute atomic E-state index is 5.46. The lowest BCUT2D eigenvalue weighted by Crippen LogP contribution is -1.89. The molecule has 0 fully saturated rings. The molecule has 0 N–H and O–H groups in total. The van der Waals surface area contributed by atoms with Crippen LogP contribution in [0.2, 0.25) is 0 Å². The normalized spacial score (nSPS) is 8.94. The Hall–Kier alpha value is -1.90. The quantitative estimate of drug-likeness (QED) is 0.769. The summed E-state index contributed by atoms with van der Waals surface area (Å²) in [5.41, 5.74) is 0.880. The van der Waals surface area contributed by atoms with Gasteiger partial charge in [0.1, 0.15) is 5.75 Å². The second-order valence-corrected chi connectivity index (χ2v) is 2.91. The van der Waals surface area contributed by atoms with E-state index in [0.29, 0.717) is 5.88 Å². The van der Waals surface area contributed by atoms with Crippen LogP contribution in [-0.4, -0.2) is 9.97 Å². The van der Waals surface area contributed by atoms with Gasteiger partial charge in [0.15, 0.2) is 0 Å². The minimum absolute atomic E-state index is 0.516. The molecule has 16 heavy (non-hydrogen) atoms. The summed E-state index contributed by atoms with van der Waals surface area (Å²) in [5, 5.41) is 0. The van der Waals surface area contributed by atoms with Crippen molar-refractivity contribution in [3.8, 4) is 11.6 Å². The van der Waals surface area contributed by atoms with Crippen LogP contribution in [0.3, 0.4) is 0 Å². The van der Waals surface area contributed by atoms with Crippen molar-refractivity contribution in [1.29, 1.82) is 0 Å². The number of nitrogens with zero attached hydrogens (tertiary/aromatic N) is 2. The molecule has 0 saturated heterocycles. The van der Waals surface area contributed by atoms with Crippen molar-refractivity contribution in [1.82, 2.24) is 9.97 Å². The van der Waals surface area contributed by atoms with Crippen molar-refractivity contribution in [2.24, 2.45) is 0 Å². The van der Waals surface area contributed by atoms with Crippen LogP contribution in [0, 0.1) is 6.92 Å². The van der Waals surface area contributed by atoms with Gasteiger partial charge in [0, 0.05) is 0 Å². The summed E-state index contributed by atoms with van der Waals surface area (Å²) in [6.07, 6.45) is 3.29. The predicted octanol–water partition coefficient (Wildman–Crippen LogP) is 3.60. The highest BCUT2D eigenvalue weighted by Crippen LogP contribution is 2.16. The van der Waals surface area contributed by atoms with E-state index in [2.05, 4.69) is 9.97 Å². The van der Waals surface area contributed by atoms with Crippen molar-refractivity contribution in [3.05, 3.63) is 48.4 Å². The first-order chi connectivity index (χ1) is 7.84. The van der Waals surface area contributed by atoms with Crippen LogP contribution >= 0.6 is 0 Å². The molecule has 0 radical (unpaired) electrons. The number of aryl methyl sites for hydroxylation is 1. The molecule has 0 aliphatic carbocycles. The molecule has 1 aromatic carbocycles. The van der Waals surface area contributed by atoms with Crippen molar-refractivity contribution in [2.45, 2.75) is 20.8 Å². The fourth-order valence-corrected chi connectivity index (χ4v) is 1.04. The van der Waals surface area contributed by atoms with Crippen LogP contribution in [0.1, 0.15) is 19.5 Å². The number of aromatic nitrogens is 2. The van der Waals surface area contributed by atoms with Crippen LogP contribution in [0.15, 0.2) is 42.7 Å². The Bertz CT molecular complexity index is 398. The number of para-hydroxylation sites is 1. The molecule has 0 atom stereocenters. The van der Waals surface area contributed by atoms with Gasteiger partial charge in [-0.1, -0.05) is 32.0 Å². The molecule has 1 aromatic heterocycles. The van der Waals surface area contributed by atoms with Crippen molar-refractivity contribution < 1.29 is 4.74 Å². The molecule has 0 aliphatic rings. The molecule has 0 bridgehead atoms. The van der Waals surface area contributed by atoms with E-state index in [1.807, 2.05) is 51.1 Å². The lowest BCUT2D eigenvalue weighted by molar-refractivity contribution is 0.459. The molecular formula is C13H16N2O. The van der Waals surface area contributed by atoms with Gasteiger partial charge in [0.2, 0.25) is 5.88 Å². The van der Waals surface area contributed by atoms with Crippen LogP contribution < -0.4 is 4.74 Å². The smallest absolute Gasteiger partial charge is 0.237 e. The molecule has 84 valence electrons. The van der Waals surface area contributed by atoms with Crippen LogP contribution in [-0.2, 0) is 0 Å². The Labute approximate surface area is 96.1 Å². The number of ether oxygens (including phenoxy) is 1. The summed E-state index contributed by atoms with van der Waals surface area (Å²) in [4.78, 5) is 8.18. The van der Waals surface area contributed by atoms with E-state index in [-0.39, 0.29) is 0 Å². The van der Waals surface area contributed by atoms with E-state index < -0.39 is 0 Å². The minimum atomic E-state index is 0.516. The molecule has 0 aliphatic heterocycles. The van der Waals surface area contributed by atoms with Gasteiger partial charge >= 0.3 is 0 Å². The number of benzene rings is 1. The summed E-state index contributed by atoms with van der Waals surface area (Å²) in [7, 11) is 0. The maximum atomic E-state index is 5.46. The van der Waals surface area contributed by atoms with E-state index in [4.69, 9.17) is 4.74 Å². The Morgan fingerprint density at radius 1 is 0.938 bits per heavy atom. The molecule has 3 heteroatoms. The predicted molar refractivity (Wildman–Crippen MR) is 64.6 cm³/mol. The van der Waals surface area contributed by atoms with Gasteiger partial charge in [-0.3, -0.25) is 4.98 Å². The molecule has 0 unspecified atom stereocenters. The van der Waals surface area contributed by atoms with Gasteiger partial charge in [-0.15, -0.1) is 0 Å². The lowest BCUT2D eigenvalue weighted by atomic mass is 10.3. The Balaban J connectivity index is 0.000000606. The van der Waals surface area contributed by atoms with Gasteiger partial charge in [0.05, 0.1) is 18.1 Å². The van der Waals surface area contributed by atoms with Crippen molar-refractivity contribution in [3.63, 3.8) is 0 Å². The average molecular weight is 216 g/mol. The van der Waals surface area contributed by atoms with Crippen LogP contribution in [0.5, 0.6) is 11.6 Å². The lowest BCUT2D eigenvalue weighted by Gasteiger charge is -2.02. The largest absolute Gasteiger partial charge is 0.438 e. The van der Waals surface area contributed by atoms with E-state index in [1.165, 1.54) is 0 Å². The SMILES string of the molecule is CC.Cc1cnc(Oc2ccccc2)cn1. The molecule has 2 aromatic rings. The van der Waals surface area contributed by atoms with Gasteiger partial charge in [-0.2, -0.15) is 0 Å². The number of rotatable bonds is 2. The van der Waals surface area contributed by atoms with Gasteiger partial charge in [-0.05, 0) is 19.1 Å². The third-order valence-electron chi connectivity index (χ3n) is 1.72. The topological polar surface area (TPSA) is 35.0 Å². The summed E-state index contributed by atoms with van der Waals surface area (Å²) in [6.45, 7) is 5.89. The maximum Gasteiger partial charge on any atom is 0.237 e. The molecule has 0 saturated carbocycles. The summed E-state index contributed by atoms with van der Waals surface area (Å²) in [5.74, 6) is 1.28. The highest BCUT2D eigenvalue weighted by atomic mass is 16.5. The Morgan fingerprint density at radius 2 is 1.62 bits per heavy atom. The monoisotopic (exact) mass is 216 g/mol. The zero-order valence-electron chi connectivity index (χ0n) is 9.84. The van der Waals surface area contributed by atoms with Crippen LogP contribution in [0.4, 0.5) is 0 Å². The molecule has 3 nitrogen and oxygen atoms in total. The first-order valence-corrected chi connectivity index (χ1v) is 5.36. The third-order valence-corrected chi connectivity index (χ3v) is 1.72. The summed E-state index contributed by atoms with van der Waals surface area (Å²) < 4.78 is 5.46. The van der Waals surface area contributed by atoms with Gasteiger partial charge < -0.3 is 4.74 Å². The second kappa shape index (κ2) is 6.56. The van der Waals surface area contributed by atoms with E-state index in [1.54, 1.807) is 12.4 Å². The standard InChI is InChI=1S/C11H10N2O.C2H6/c1-9-7-13-11(8-12-9)14-10-5-3-2-4-6-10;1-2/h2-8H,1H3;1-2H3. The van der Waals surface area contributed by atoms with E-state index in [0.717, 1.165) is 11.4 Å². The summed E-state index contributed by atoms with van der Waals surface area (Å²) >= 11 is 0. The van der Waals surface area contributed by atoms with Crippen molar-refractivity contribution in [2.75, 3.05) is 0 Å². The molecular weight excluding hydrogens is 200 g/mol. The highest BCUT2D eigenvalue weighted by molar-refractivity contribution is 5.25. The Kier molecular flexibility index (Phi) is 4.99. The summed E-state index contributed by atoms with van der Waals surface area (Å²) in [6, 6.07) is 9.52. The molecule has 1 heterocycles. The third kappa shape index (κ3) is 3.69. The first kappa shape index (κ1) is 12.2. The zero-order valence-corrected chi connectivity index (χ0v) is 9.84. The number of hydrogen-bond acceptors (Lipinski definition) is 3. The van der Waals surface area contributed by atoms with Crippen molar-refractivity contribution >= 4 is 0 Å². The first-order valence-electron chi connectivity index (χ1n) is 5.36. The van der Waals surface area contributed by atoms with E-state index >= 15 is 0 Å². The number of hydrogen-bond donors (Lipinski definition) is 0. The minimum Gasteiger partial charge on any atom is -0.438 e. The molecule has 2 rings (SSSR count). The highest BCUT2D eigenvalue weighted by Gasteiger charge is 1.96. The van der Waals surface area contributed by atoms with Gasteiger partial charge in [0.25, 0.3) is 0 Å². The Morgan fingerprint density at radius 3 is 2.19 bits per heavy atom. The van der Waals surface area contributed by atoms with Crippen LogP contribution in [0.25, 0.3) is 0 Å². The average Bonchev–Trinajstić information content (AvgIpc) is 2.36. The fourth-order valence-electron chi connectivity index (χ4n) is 1.04. The van der Waals surface area contributed by atoms with E-state index in [9.17, 15) is 0 Å². The second-order valence-electron chi connectivity index (χ2n) is 2.91. The molecule has 0 spiro atoms. The zero-order chi connectivity index (χ0) is 11.8. The molecule has 0 amide bonds.